The molecule has 1 rings (SSSR count). The van der Waals surface area contributed by atoms with Crippen LogP contribution in [0.3, 0.4) is 0 Å². The summed E-state index contributed by atoms with van der Waals surface area (Å²) in [7, 11) is -4.94. The number of hydrogen-bond acceptors (Lipinski definition) is 2. The molecule has 0 spiro atoms. The molecule has 14 heavy (non-hydrogen) atoms. The van der Waals surface area contributed by atoms with Crippen molar-refractivity contribution >= 4 is 17.3 Å². The van der Waals surface area contributed by atoms with Crippen LogP contribution in [0.1, 0.15) is 19.8 Å². The van der Waals surface area contributed by atoms with E-state index in [2.05, 4.69) is 6.92 Å². The van der Waals surface area contributed by atoms with Crippen molar-refractivity contribution < 1.29 is 12.8 Å². The summed E-state index contributed by atoms with van der Waals surface area (Å²) >= 11 is 0. The van der Waals surface area contributed by atoms with Crippen LogP contribution in [0.2, 0.25) is 0 Å². The second-order valence-electron chi connectivity index (χ2n) is 4.10. The van der Waals surface area contributed by atoms with E-state index in [0.29, 0.717) is 0 Å². The van der Waals surface area contributed by atoms with E-state index in [1.807, 2.05) is 4.72 Å². The van der Waals surface area contributed by atoms with E-state index >= 15 is 0 Å². The van der Waals surface area contributed by atoms with E-state index in [9.17, 15) is 12.8 Å². The molecule has 0 unspecified atom stereocenters. The predicted molar refractivity (Wildman–Crippen MR) is 60.7 cm³/mol. The Balaban J connectivity index is 2.64. The number of rotatable bonds is 5. The first-order chi connectivity index (χ1) is 6.54. The van der Waals surface area contributed by atoms with Crippen molar-refractivity contribution in [3.05, 3.63) is 0 Å². The first-order valence-electron chi connectivity index (χ1n) is 5.07. The van der Waals surface area contributed by atoms with E-state index in [0.717, 1.165) is 31.3 Å². The molecule has 0 aliphatic carbocycles. The fourth-order valence-electron chi connectivity index (χ4n) is 2.26. The van der Waals surface area contributed by atoms with Gasteiger partial charge in [-0.25, -0.2) is 0 Å². The molecule has 1 fully saturated rings. The van der Waals surface area contributed by atoms with Gasteiger partial charge < -0.3 is 0 Å². The zero-order valence-electron chi connectivity index (χ0n) is 8.55. The molecule has 0 aromatic heterocycles. The Bertz CT molecular complexity index is 275. The van der Waals surface area contributed by atoms with E-state index in [1.165, 1.54) is 0 Å². The van der Waals surface area contributed by atoms with Crippen molar-refractivity contribution in [2.75, 3.05) is 30.8 Å². The van der Waals surface area contributed by atoms with Gasteiger partial charge in [-0.1, -0.05) is 0 Å². The van der Waals surface area contributed by atoms with Gasteiger partial charge in [0.25, 0.3) is 0 Å². The minimum atomic E-state index is -3.35. The second-order valence-corrected chi connectivity index (χ2v) is 11.5. The molecule has 1 saturated heterocycles. The van der Waals surface area contributed by atoms with Crippen LogP contribution >= 0.6 is 7.26 Å². The normalized spacial score (nSPS) is 23.6. The Kier molecular flexibility index (Phi) is 4.29. The summed E-state index contributed by atoms with van der Waals surface area (Å²) in [5, 5.41) is 0. The van der Waals surface area contributed by atoms with Gasteiger partial charge in [-0.05, 0) is 0 Å². The van der Waals surface area contributed by atoms with Crippen LogP contribution in [0.25, 0.3) is 0 Å². The van der Waals surface area contributed by atoms with Crippen LogP contribution in [0.5, 0.6) is 0 Å². The maximum atomic E-state index is 11.9. The molecule has 6 heteroatoms. The number of alkyl halides is 1. The first-order valence-corrected chi connectivity index (χ1v) is 9.55. The summed E-state index contributed by atoms with van der Waals surface area (Å²) in [5.41, 5.74) is 0.223. The van der Waals surface area contributed by atoms with Gasteiger partial charge in [0.1, 0.15) is 0 Å². The zero-order valence-corrected chi connectivity index (χ0v) is 10.4. The van der Waals surface area contributed by atoms with Crippen LogP contribution in [-0.4, -0.2) is 39.2 Å². The molecule has 1 heterocycles. The van der Waals surface area contributed by atoms with Gasteiger partial charge in [-0.3, -0.25) is 0 Å². The topological polar surface area (TPSA) is 46.2 Å². The van der Waals surface area contributed by atoms with Crippen LogP contribution < -0.4 is 4.72 Å². The molecule has 0 aromatic carbocycles. The van der Waals surface area contributed by atoms with Crippen LogP contribution in [0.15, 0.2) is 0 Å². The van der Waals surface area contributed by atoms with E-state index in [1.54, 1.807) is 0 Å². The van der Waals surface area contributed by atoms with Gasteiger partial charge in [0.15, 0.2) is 0 Å². The Morgan fingerprint density at radius 2 is 1.93 bits per heavy atom. The first kappa shape index (κ1) is 12.3. The summed E-state index contributed by atoms with van der Waals surface area (Å²) in [6.45, 7) is 1.10. The van der Waals surface area contributed by atoms with Crippen LogP contribution in [0.4, 0.5) is 4.39 Å². The average Bonchev–Trinajstić information content (AvgIpc) is 2.53. The van der Waals surface area contributed by atoms with E-state index in [-0.39, 0.29) is 5.49 Å². The molecule has 0 atom stereocenters. The van der Waals surface area contributed by atoms with Crippen molar-refractivity contribution in [1.29, 1.82) is 0 Å². The third-order valence-electron chi connectivity index (χ3n) is 3.18. The number of hydrogen-bond donors (Lipinski definition) is 1. The van der Waals surface area contributed by atoms with Crippen molar-refractivity contribution in [3.63, 3.8) is 0 Å². The molecule has 1 N–H and O–H groups in total. The minimum absolute atomic E-state index is 0.223. The molecule has 0 aromatic rings. The molecule has 86 valence electrons. The van der Waals surface area contributed by atoms with E-state index < -0.39 is 24.1 Å². The number of nitrogens with one attached hydrogen (secondary N) is 1. The van der Waals surface area contributed by atoms with Crippen molar-refractivity contribution in [2.24, 2.45) is 0 Å². The number of halogens is 1. The molecule has 0 amide bonds. The second kappa shape index (κ2) is 4.86. The fraction of sp³-hybridized carbons (Fsp3) is 1.00. The molecule has 1 aliphatic rings. The molecule has 1 aliphatic heterocycles. The van der Waals surface area contributed by atoms with Crippen molar-refractivity contribution in [2.45, 2.75) is 19.8 Å². The molecule has 0 radical (unpaired) electrons. The monoisotopic (exact) mass is 243 g/mol. The van der Waals surface area contributed by atoms with E-state index in [4.69, 9.17) is 0 Å². The molecule has 3 nitrogen and oxygen atoms in total. The summed E-state index contributed by atoms with van der Waals surface area (Å²) in [6.07, 6.45) is 5.50. The maximum absolute atomic E-state index is 11.9. The quantitative estimate of drug-likeness (QED) is 0.585. The van der Waals surface area contributed by atoms with Gasteiger partial charge in [-0.15, -0.1) is 0 Å². The summed E-state index contributed by atoms with van der Waals surface area (Å²) in [5.74, 6) is 0. The van der Waals surface area contributed by atoms with Gasteiger partial charge in [0.05, 0.1) is 0 Å². The molecular formula is C8H19FNO2PS. The molecule has 0 bridgehead atoms. The standard InChI is InChI=1S/C8H19FNO2PS/c1-2-13(5-3-4-6-13)8-14(11,12)10-7-9/h10,13H,2-8H2,1H3. The third kappa shape index (κ3) is 3.14. The summed E-state index contributed by atoms with van der Waals surface area (Å²) in [6, 6.07) is 0. The average molecular weight is 243 g/mol. The predicted octanol–water partition coefficient (Wildman–Crippen LogP) is 1.35. The number of sulfonamides is 1. The fourth-order valence-corrected chi connectivity index (χ4v) is 11.0. The summed E-state index contributed by atoms with van der Waals surface area (Å²) < 4.78 is 36.7. The zero-order chi connectivity index (χ0) is 10.7. The SMILES string of the molecule is CC[PH]1(CS(=O)(=O)NCF)CCCC1. The third-order valence-corrected chi connectivity index (χ3v) is 12.0. The van der Waals surface area contributed by atoms with Gasteiger partial charge >= 0.3 is 85.4 Å². The molecule has 0 saturated carbocycles. The van der Waals surface area contributed by atoms with Crippen molar-refractivity contribution in [1.82, 2.24) is 4.72 Å². The van der Waals surface area contributed by atoms with Gasteiger partial charge in [-0.2, -0.15) is 0 Å². The van der Waals surface area contributed by atoms with Gasteiger partial charge in [0, 0.05) is 0 Å². The van der Waals surface area contributed by atoms with Crippen molar-refractivity contribution in [3.8, 4) is 0 Å². The van der Waals surface area contributed by atoms with Crippen LogP contribution in [-0.2, 0) is 10.0 Å². The Morgan fingerprint density at radius 3 is 2.36 bits per heavy atom. The Hall–Kier alpha value is 0.270. The molecular weight excluding hydrogens is 224 g/mol. The Morgan fingerprint density at radius 1 is 1.36 bits per heavy atom. The Labute approximate surface area is 85.8 Å². The van der Waals surface area contributed by atoms with Gasteiger partial charge in [0.2, 0.25) is 0 Å². The van der Waals surface area contributed by atoms with Crippen LogP contribution in [0, 0.1) is 0 Å². The summed E-state index contributed by atoms with van der Waals surface area (Å²) in [4.78, 5) is 0.